The highest BCUT2D eigenvalue weighted by atomic mass is 32.2. The molecule has 0 aromatic heterocycles. The molecule has 1 aliphatic rings. The van der Waals surface area contributed by atoms with Crippen LogP contribution in [-0.2, 0) is 29.3 Å². The molecule has 0 saturated carbocycles. The lowest BCUT2D eigenvalue weighted by molar-refractivity contribution is -0.137. The summed E-state index contributed by atoms with van der Waals surface area (Å²) >= 11 is 0. The van der Waals surface area contributed by atoms with Crippen molar-refractivity contribution in [3.8, 4) is 5.75 Å². The third-order valence-corrected chi connectivity index (χ3v) is 6.88. The number of rotatable bonds is 7. The molecule has 1 N–H and O–H groups in total. The first-order chi connectivity index (χ1) is 16.5. The molecule has 7 nitrogen and oxygen atoms in total. The van der Waals surface area contributed by atoms with E-state index in [4.69, 9.17) is 4.74 Å². The van der Waals surface area contributed by atoms with Gasteiger partial charge in [0.15, 0.2) is 0 Å². The van der Waals surface area contributed by atoms with Gasteiger partial charge in [-0.1, -0.05) is 36.4 Å². The maximum atomic E-state index is 13.0. The average Bonchev–Trinajstić information content (AvgIpc) is 3.07. The Balaban J connectivity index is 1.57. The number of nitrogens with one attached hydrogen (secondary N) is 1. The van der Waals surface area contributed by atoms with Crippen LogP contribution in [0.3, 0.4) is 0 Å². The van der Waals surface area contributed by atoms with Crippen LogP contribution in [0.2, 0.25) is 0 Å². The van der Waals surface area contributed by atoms with Crippen molar-refractivity contribution in [1.82, 2.24) is 9.62 Å². The van der Waals surface area contributed by atoms with Gasteiger partial charge < -0.3 is 4.74 Å². The van der Waals surface area contributed by atoms with Gasteiger partial charge in [-0.15, -0.1) is 0 Å². The van der Waals surface area contributed by atoms with E-state index < -0.39 is 40.1 Å². The number of ether oxygens (including phenoxy) is 1. The molecule has 0 aliphatic carbocycles. The average molecular weight is 504 g/mol. The standard InChI is InChI=1S/C24H19F3N2O5S/c1-34-20-10-9-16(14-29-22(30)18-7-2-3-8-19(18)23(29)31)12-21(20)35(32,33)28-13-15-5-4-6-17(11-15)24(25,26)27/h2-12,28H,13-14H2,1H3. The van der Waals surface area contributed by atoms with Gasteiger partial charge in [-0.2, -0.15) is 13.2 Å². The monoisotopic (exact) mass is 504 g/mol. The topological polar surface area (TPSA) is 92.8 Å². The Bertz CT molecular complexity index is 1390. The van der Waals surface area contributed by atoms with Crippen molar-refractivity contribution in [3.63, 3.8) is 0 Å². The number of halogens is 3. The van der Waals surface area contributed by atoms with Gasteiger partial charge in [0.25, 0.3) is 11.8 Å². The highest BCUT2D eigenvalue weighted by Gasteiger charge is 2.35. The van der Waals surface area contributed by atoms with E-state index in [0.717, 1.165) is 17.0 Å². The minimum Gasteiger partial charge on any atom is -0.495 e. The van der Waals surface area contributed by atoms with Crippen LogP contribution in [0.5, 0.6) is 5.75 Å². The number of hydrogen-bond acceptors (Lipinski definition) is 5. The Labute approximate surface area is 199 Å². The normalized spacial score (nSPS) is 13.8. The molecule has 3 aromatic rings. The lowest BCUT2D eigenvalue weighted by Gasteiger charge is -2.16. The largest absolute Gasteiger partial charge is 0.495 e. The van der Waals surface area contributed by atoms with Gasteiger partial charge in [0.1, 0.15) is 10.6 Å². The molecule has 0 spiro atoms. The fourth-order valence-corrected chi connectivity index (χ4v) is 4.94. The van der Waals surface area contributed by atoms with Crippen molar-refractivity contribution in [3.05, 3.63) is 94.5 Å². The third kappa shape index (κ3) is 4.91. The summed E-state index contributed by atoms with van der Waals surface area (Å²) in [4.78, 5) is 26.0. The summed E-state index contributed by atoms with van der Waals surface area (Å²) in [5, 5.41) is 0. The highest BCUT2D eigenvalue weighted by molar-refractivity contribution is 7.89. The molecule has 1 heterocycles. The van der Waals surface area contributed by atoms with Gasteiger partial charge in [-0.05, 0) is 41.5 Å². The molecule has 0 unspecified atom stereocenters. The molecule has 0 radical (unpaired) electrons. The van der Waals surface area contributed by atoms with Crippen LogP contribution in [-0.4, -0.2) is 32.2 Å². The van der Waals surface area contributed by atoms with Gasteiger partial charge in [-0.25, -0.2) is 13.1 Å². The van der Waals surface area contributed by atoms with Gasteiger partial charge in [-0.3, -0.25) is 14.5 Å². The second-order valence-corrected chi connectivity index (χ2v) is 9.49. The van der Waals surface area contributed by atoms with E-state index in [1.165, 1.54) is 49.6 Å². The second kappa shape index (κ2) is 9.16. The summed E-state index contributed by atoms with van der Waals surface area (Å²) in [6.45, 7) is -0.565. The summed E-state index contributed by atoms with van der Waals surface area (Å²) in [6, 6.07) is 14.8. The Hall–Kier alpha value is -3.70. The van der Waals surface area contributed by atoms with Crippen LogP contribution >= 0.6 is 0 Å². The molecule has 0 fully saturated rings. The van der Waals surface area contributed by atoms with Gasteiger partial charge in [0.05, 0.1) is 30.3 Å². The molecule has 3 aromatic carbocycles. The maximum absolute atomic E-state index is 13.0. The van der Waals surface area contributed by atoms with Crippen LogP contribution < -0.4 is 9.46 Å². The lowest BCUT2D eigenvalue weighted by Crippen LogP contribution is -2.29. The van der Waals surface area contributed by atoms with Crippen LogP contribution in [0.25, 0.3) is 0 Å². The summed E-state index contributed by atoms with van der Waals surface area (Å²) in [5.74, 6) is -0.991. The number of amides is 2. The first-order valence-electron chi connectivity index (χ1n) is 10.3. The number of fused-ring (bicyclic) bond motifs is 1. The van der Waals surface area contributed by atoms with Crippen LogP contribution in [0.4, 0.5) is 13.2 Å². The van der Waals surface area contributed by atoms with Crippen molar-refractivity contribution >= 4 is 21.8 Å². The second-order valence-electron chi connectivity index (χ2n) is 7.75. The van der Waals surface area contributed by atoms with E-state index in [1.807, 2.05) is 0 Å². The first kappa shape index (κ1) is 24.4. The molecule has 0 atom stereocenters. The number of alkyl halides is 3. The van der Waals surface area contributed by atoms with E-state index in [9.17, 15) is 31.2 Å². The van der Waals surface area contributed by atoms with E-state index in [0.29, 0.717) is 5.56 Å². The number of nitrogens with zero attached hydrogens (tertiary/aromatic N) is 1. The SMILES string of the molecule is COc1ccc(CN2C(=O)c3ccccc3C2=O)cc1S(=O)(=O)NCc1cccc(C(F)(F)F)c1. The third-order valence-electron chi connectivity index (χ3n) is 5.46. The van der Waals surface area contributed by atoms with Crippen molar-refractivity contribution in [2.24, 2.45) is 0 Å². The number of imide groups is 1. The molecule has 182 valence electrons. The number of sulfonamides is 1. The van der Waals surface area contributed by atoms with Crippen molar-refractivity contribution in [2.75, 3.05) is 7.11 Å². The van der Waals surface area contributed by atoms with E-state index in [-0.39, 0.29) is 33.9 Å². The van der Waals surface area contributed by atoms with Crippen molar-refractivity contribution < 1.29 is 35.9 Å². The highest BCUT2D eigenvalue weighted by Crippen LogP contribution is 2.31. The minimum absolute atomic E-state index is 0.00680. The molecule has 0 bridgehead atoms. The van der Waals surface area contributed by atoms with Crippen LogP contribution in [0.15, 0.2) is 71.6 Å². The smallest absolute Gasteiger partial charge is 0.416 e. The van der Waals surface area contributed by atoms with Gasteiger partial charge in [0.2, 0.25) is 10.0 Å². The number of carbonyl (C=O) groups is 2. The lowest BCUT2D eigenvalue weighted by atomic mass is 10.1. The molecular formula is C24H19F3N2O5S. The quantitative estimate of drug-likeness (QED) is 0.492. The van der Waals surface area contributed by atoms with E-state index in [1.54, 1.807) is 12.1 Å². The predicted octanol–water partition coefficient (Wildman–Crippen LogP) is 3.99. The Morgan fingerprint density at radius 2 is 1.54 bits per heavy atom. The predicted molar refractivity (Wildman–Crippen MR) is 119 cm³/mol. The summed E-state index contributed by atoms with van der Waals surface area (Å²) in [5.41, 5.74) is 0.0993. The number of benzene rings is 3. The Morgan fingerprint density at radius 1 is 0.886 bits per heavy atom. The van der Waals surface area contributed by atoms with Crippen LogP contribution in [0.1, 0.15) is 37.4 Å². The number of hydrogen-bond donors (Lipinski definition) is 1. The Kier molecular flexibility index (Phi) is 6.39. The Morgan fingerprint density at radius 3 is 2.14 bits per heavy atom. The fraction of sp³-hybridized carbons (Fsp3) is 0.167. The number of methoxy groups -OCH3 is 1. The molecule has 2 amide bonds. The van der Waals surface area contributed by atoms with E-state index >= 15 is 0 Å². The summed E-state index contributed by atoms with van der Waals surface area (Å²) in [7, 11) is -2.96. The van der Waals surface area contributed by atoms with Crippen LogP contribution in [0, 0.1) is 0 Å². The van der Waals surface area contributed by atoms with Crippen molar-refractivity contribution in [1.29, 1.82) is 0 Å². The molecule has 35 heavy (non-hydrogen) atoms. The maximum Gasteiger partial charge on any atom is 0.416 e. The molecule has 4 rings (SSSR count). The first-order valence-corrected chi connectivity index (χ1v) is 11.8. The van der Waals surface area contributed by atoms with Crippen molar-refractivity contribution in [2.45, 2.75) is 24.2 Å². The van der Waals surface area contributed by atoms with Gasteiger partial charge in [0, 0.05) is 6.54 Å². The van der Waals surface area contributed by atoms with E-state index in [2.05, 4.69) is 4.72 Å². The summed E-state index contributed by atoms with van der Waals surface area (Å²) < 4.78 is 72.3. The van der Waals surface area contributed by atoms with Gasteiger partial charge >= 0.3 is 6.18 Å². The molecule has 11 heteroatoms. The zero-order valence-electron chi connectivity index (χ0n) is 18.3. The minimum atomic E-state index is -4.56. The zero-order chi connectivity index (χ0) is 25.4. The number of carbonyl (C=O) groups excluding carboxylic acids is 2. The molecular weight excluding hydrogens is 485 g/mol. The molecule has 1 aliphatic heterocycles. The summed E-state index contributed by atoms with van der Waals surface area (Å²) in [6.07, 6.45) is -4.56. The molecule has 0 saturated heterocycles. The fourth-order valence-electron chi connectivity index (χ4n) is 3.71. The zero-order valence-corrected chi connectivity index (χ0v) is 19.1.